The van der Waals surface area contributed by atoms with Crippen LogP contribution >= 0.6 is 7.82 Å². The predicted octanol–water partition coefficient (Wildman–Crippen LogP) is 21.3. The molecule has 3 N–H and O–H groups in total. The van der Waals surface area contributed by atoms with E-state index in [1.165, 1.54) is 122 Å². The third kappa shape index (κ3) is 65.2. The van der Waals surface area contributed by atoms with Crippen LogP contribution in [-0.2, 0) is 32.7 Å². The normalized spacial score (nSPS) is 13.9. The van der Waals surface area contributed by atoms with Crippen molar-refractivity contribution in [2.24, 2.45) is 5.73 Å². The lowest BCUT2D eigenvalue weighted by atomic mass is 10.0. The number of rotatable bonds is 60. The van der Waals surface area contributed by atoms with E-state index in [-0.39, 0.29) is 32.6 Å². The van der Waals surface area contributed by atoms with Crippen molar-refractivity contribution >= 4 is 19.8 Å². The van der Waals surface area contributed by atoms with Crippen molar-refractivity contribution in [2.75, 3.05) is 26.4 Å². The number of esters is 2. The molecule has 2 unspecified atom stereocenters. The Morgan fingerprint density at radius 1 is 0.370 bits per heavy atom. The van der Waals surface area contributed by atoms with Crippen molar-refractivity contribution in [3.8, 4) is 0 Å². The number of phosphoric acid groups is 1. The standard InChI is InChI=1S/C71H120NO8P/c1-3-5-7-9-11-13-15-17-19-21-23-24-25-26-27-28-29-30-31-32-33-34-35-36-37-38-39-40-41-42-43-44-46-48-50-52-54-56-58-60-62-64-71(74)80-69(68-79-81(75,76)78-66-65-72)67-77-70(73)63-61-59-57-55-53-51-49-47-45-22-20-18-16-14-12-10-8-6-4-2/h5-8,11-14,17-20,23-24,26-27,29-30,45,47,51,53,69H,3-4,9-10,15-16,21-22,25,28,31-44,46,48-50,52,54-68,72H2,1-2H3,(H,75,76)/b7-5-,8-6-,13-11-,14-12-,19-17-,20-18-,24-23-,27-26-,30-29-,47-45-,53-51-. The molecule has 0 aromatic carbocycles. The summed E-state index contributed by atoms with van der Waals surface area (Å²) in [6.07, 6.45) is 92.6. The molecular formula is C71H120NO8P. The van der Waals surface area contributed by atoms with Crippen LogP contribution in [0.15, 0.2) is 134 Å². The molecule has 462 valence electrons. The Bertz CT molecular complexity index is 1790. The topological polar surface area (TPSA) is 134 Å². The molecule has 81 heavy (non-hydrogen) atoms. The zero-order valence-electron chi connectivity index (χ0n) is 51.7. The largest absolute Gasteiger partial charge is 0.472 e. The van der Waals surface area contributed by atoms with Gasteiger partial charge < -0.3 is 20.1 Å². The Labute approximate surface area is 497 Å². The van der Waals surface area contributed by atoms with Gasteiger partial charge in [0, 0.05) is 19.4 Å². The number of nitrogens with two attached hydrogens (primary N) is 1. The summed E-state index contributed by atoms with van der Waals surface area (Å²) in [5.41, 5.74) is 5.39. The van der Waals surface area contributed by atoms with E-state index in [9.17, 15) is 19.0 Å². The predicted molar refractivity (Wildman–Crippen MR) is 348 cm³/mol. The molecule has 0 radical (unpaired) electrons. The zero-order valence-corrected chi connectivity index (χ0v) is 52.6. The first-order valence-corrected chi connectivity index (χ1v) is 34.2. The highest BCUT2D eigenvalue weighted by molar-refractivity contribution is 7.47. The van der Waals surface area contributed by atoms with Gasteiger partial charge in [-0.3, -0.25) is 18.6 Å². The maximum Gasteiger partial charge on any atom is 0.472 e. The van der Waals surface area contributed by atoms with Crippen molar-refractivity contribution in [1.29, 1.82) is 0 Å². The molecule has 9 nitrogen and oxygen atoms in total. The number of carbonyl (C=O) groups excluding carboxylic acids is 2. The summed E-state index contributed by atoms with van der Waals surface area (Å²) in [6, 6.07) is 0. The minimum atomic E-state index is -4.40. The van der Waals surface area contributed by atoms with Crippen LogP contribution in [0.5, 0.6) is 0 Å². The van der Waals surface area contributed by atoms with E-state index in [1.807, 2.05) is 0 Å². The van der Waals surface area contributed by atoms with Crippen LogP contribution in [0.2, 0.25) is 0 Å². The van der Waals surface area contributed by atoms with E-state index >= 15 is 0 Å². The van der Waals surface area contributed by atoms with Gasteiger partial charge in [0.05, 0.1) is 13.2 Å². The van der Waals surface area contributed by atoms with E-state index in [0.717, 1.165) is 109 Å². The van der Waals surface area contributed by atoms with Crippen LogP contribution < -0.4 is 5.73 Å². The van der Waals surface area contributed by atoms with E-state index in [4.69, 9.17) is 24.3 Å². The lowest BCUT2D eigenvalue weighted by Crippen LogP contribution is -2.29. The Morgan fingerprint density at radius 2 is 0.642 bits per heavy atom. The summed E-state index contributed by atoms with van der Waals surface area (Å²) in [6.45, 7) is 3.48. The average Bonchev–Trinajstić information content (AvgIpc) is 3.46. The number of carbonyl (C=O) groups is 2. The summed E-state index contributed by atoms with van der Waals surface area (Å²) >= 11 is 0. The van der Waals surface area contributed by atoms with Crippen molar-refractivity contribution in [1.82, 2.24) is 0 Å². The van der Waals surface area contributed by atoms with E-state index in [0.29, 0.717) is 12.8 Å². The fourth-order valence-electron chi connectivity index (χ4n) is 8.79. The highest BCUT2D eigenvalue weighted by Gasteiger charge is 2.26. The molecule has 0 fully saturated rings. The number of allylic oxidation sites excluding steroid dienone is 22. The minimum Gasteiger partial charge on any atom is -0.462 e. The third-order valence-electron chi connectivity index (χ3n) is 13.5. The SMILES string of the molecule is CC/C=C\C/C=C\C/C=C\C/C=C\C/C=C\C/C=C\CCCCCCCCCCCCCCCCCCCCCCCCC(=O)OC(COC(=O)CCCCC/C=C\C/C=C\C/C=C\C/C=C\C/C=C\CC)COP(=O)(O)OCCN. The van der Waals surface area contributed by atoms with E-state index in [2.05, 4.69) is 148 Å². The maximum atomic E-state index is 12.7. The highest BCUT2D eigenvalue weighted by atomic mass is 31.2. The molecule has 0 aromatic heterocycles. The average molecular weight is 1150 g/mol. The first-order chi connectivity index (χ1) is 39.8. The van der Waals surface area contributed by atoms with Gasteiger partial charge in [-0.05, 0) is 109 Å². The van der Waals surface area contributed by atoms with Gasteiger partial charge in [0.25, 0.3) is 0 Å². The van der Waals surface area contributed by atoms with Gasteiger partial charge in [0.1, 0.15) is 6.61 Å². The summed E-state index contributed by atoms with van der Waals surface area (Å²) in [7, 11) is -4.40. The molecule has 0 spiro atoms. The highest BCUT2D eigenvalue weighted by Crippen LogP contribution is 2.43. The first kappa shape index (κ1) is 77.2. The van der Waals surface area contributed by atoms with Crippen LogP contribution in [-0.4, -0.2) is 49.3 Å². The quantitative estimate of drug-likeness (QED) is 0.0264. The Kier molecular flexibility index (Phi) is 62.2. The molecule has 2 atom stereocenters. The van der Waals surface area contributed by atoms with Gasteiger partial charge in [-0.25, -0.2) is 4.57 Å². The monoisotopic (exact) mass is 1150 g/mol. The fourth-order valence-corrected chi connectivity index (χ4v) is 9.55. The van der Waals surface area contributed by atoms with Gasteiger partial charge in [0.15, 0.2) is 6.10 Å². The fraction of sp³-hybridized carbons (Fsp3) is 0.662. The molecule has 0 amide bonds. The van der Waals surface area contributed by atoms with Crippen LogP contribution in [0.1, 0.15) is 271 Å². The van der Waals surface area contributed by atoms with Crippen LogP contribution in [0.4, 0.5) is 0 Å². The summed E-state index contributed by atoms with van der Waals surface area (Å²) in [5, 5.41) is 0. The molecule has 0 aliphatic carbocycles. The molecule has 0 saturated carbocycles. The molecule has 0 saturated heterocycles. The second-order valence-electron chi connectivity index (χ2n) is 21.2. The Hall–Kier alpha value is -3.85. The summed E-state index contributed by atoms with van der Waals surface area (Å²) in [4.78, 5) is 35.2. The lowest BCUT2D eigenvalue weighted by Gasteiger charge is -2.19. The number of phosphoric ester groups is 1. The van der Waals surface area contributed by atoms with Crippen molar-refractivity contribution in [3.05, 3.63) is 134 Å². The van der Waals surface area contributed by atoms with Crippen molar-refractivity contribution in [3.63, 3.8) is 0 Å². The number of unbranched alkanes of at least 4 members (excludes halogenated alkanes) is 25. The number of hydrogen-bond acceptors (Lipinski definition) is 8. The maximum absolute atomic E-state index is 12.7. The van der Waals surface area contributed by atoms with E-state index in [1.54, 1.807) is 0 Å². The second-order valence-corrected chi connectivity index (χ2v) is 22.7. The molecule has 0 aliphatic heterocycles. The molecular weight excluding hydrogens is 1030 g/mol. The van der Waals surface area contributed by atoms with Gasteiger partial charge in [-0.1, -0.05) is 282 Å². The minimum absolute atomic E-state index is 0.0441. The third-order valence-corrected chi connectivity index (χ3v) is 14.5. The lowest BCUT2D eigenvalue weighted by molar-refractivity contribution is -0.161. The van der Waals surface area contributed by atoms with Gasteiger partial charge >= 0.3 is 19.8 Å². The smallest absolute Gasteiger partial charge is 0.462 e. The van der Waals surface area contributed by atoms with Crippen LogP contribution in [0.25, 0.3) is 0 Å². The first-order valence-electron chi connectivity index (χ1n) is 32.7. The summed E-state index contributed by atoms with van der Waals surface area (Å²) in [5.74, 6) is -0.865. The second kappa shape index (κ2) is 65.3. The molecule has 0 heterocycles. The van der Waals surface area contributed by atoms with Crippen LogP contribution in [0.3, 0.4) is 0 Å². The van der Waals surface area contributed by atoms with E-state index < -0.39 is 32.5 Å². The van der Waals surface area contributed by atoms with Crippen molar-refractivity contribution < 1.29 is 37.6 Å². The Morgan fingerprint density at radius 3 is 0.963 bits per heavy atom. The van der Waals surface area contributed by atoms with Gasteiger partial charge in [0.2, 0.25) is 0 Å². The Balaban J connectivity index is 3.86. The van der Waals surface area contributed by atoms with Gasteiger partial charge in [-0.2, -0.15) is 0 Å². The molecule has 10 heteroatoms. The zero-order chi connectivity index (χ0) is 58.7. The molecule has 0 rings (SSSR count). The number of ether oxygens (including phenoxy) is 2. The molecule has 0 bridgehead atoms. The van der Waals surface area contributed by atoms with Crippen LogP contribution in [0, 0.1) is 0 Å². The van der Waals surface area contributed by atoms with Crippen molar-refractivity contribution in [2.45, 2.75) is 277 Å². The number of hydrogen-bond donors (Lipinski definition) is 2. The molecule has 0 aromatic rings. The van der Waals surface area contributed by atoms with Gasteiger partial charge in [-0.15, -0.1) is 0 Å². The molecule has 0 aliphatic rings. The summed E-state index contributed by atoms with van der Waals surface area (Å²) < 4.78 is 33.0.